The molecule has 5 nitrogen and oxygen atoms in total. The Kier molecular flexibility index (Phi) is 4.10. The molecule has 0 aromatic heterocycles. The highest BCUT2D eigenvalue weighted by Gasteiger charge is 2.33. The molecule has 1 saturated heterocycles. The number of hydrogen-bond donors (Lipinski definition) is 0. The molecule has 0 unspecified atom stereocenters. The van der Waals surface area contributed by atoms with Crippen LogP contribution in [-0.2, 0) is 4.79 Å². The van der Waals surface area contributed by atoms with Gasteiger partial charge in [-0.3, -0.25) is 9.69 Å². The van der Waals surface area contributed by atoms with E-state index in [0.717, 1.165) is 17.0 Å². The molecule has 1 fully saturated rings. The van der Waals surface area contributed by atoms with Crippen molar-refractivity contribution in [3.05, 3.63) is 52.9 Å². The Hall–Kier alpha value is -2.51. The second-order valence-electron chi connectivity index (χ2n) is 5.33. The maximum atomic E-state index is 12.8. The van der Waals surface area contributed by atoms with E-state index in [-0.39, 0.29) is 12.7 Å². The number of thiocarbonyl (C=S) groups is 1. The minimum atomic E-state index is -0.141. The summed E-state index contributed by atoms with van der Waals surface area (Å²) in [5.41, 5.74) is 1.58. The summed E-state index contributed by atoms with van der Waals surface area (Å²) in [5.74, 6) is 1.98. The van der Waals surface area contributed by atoms with Crippen LogP contribution < -0.4 is 19.1 Å². The summed E-state index contributed by atoms with van der Waals surface area (Å²) in [6.07, 6.45) is 1.81. The molecule has 0 aliphatic carbocycles. The molecule has 2 aromatic rings. The minimum absolute atomic E-state index is 0.141. The molecule has 0 radical (unpaired) electrons. The molecule has 0 saturated carbocycles. The van der Waals surface area contributed by atoms with Gasteiger partial charge >= 0.3 is 0 Å². The lowest BCUT2D eigenvalue weighted by molar-refractivity contribution is -0.113. The fourth-order valence-corrected chi connectivity index (χ4v) is 3.87. The summed E-state index contributed by atoms with van der Waals surface area (Å²) in [7, 11) is 1.60. The molecule has 2 aliphatic rings. The Bertz CT molecular complexity index is 892. The number of anilines is 1. The van der Waals surface area contributed by atoms with Gasteiger partial charge in [-0.2, -0.15) is 0 Å². The number of ether oxygens (including phenoxy) is 3. The Labute approximate surface area is 154 Å². The molecule has 1 amide bonds. The number of thioether (sulfide) groups is 1. The average molecular weight is 371 g/mol. The van der Waals surface area contributed by atoms with Gasteiger partial charge in [0.15, 0.2) is 15.8 Å². The van der Waals surface area contributed by atoms with Crippen molar-refractivity contribution in [3.63, 3.8) is 0 Å². The second kappa shape index (κ2) is 6.42. The summed E-state index contributed by atoms with van der Waals surface area (Å²) >= 11 is 6.67. The summed E-state index contributed by atoms with van der Waals surface area (Å²) in [5, 5.41) is 0. The highest BCUT2D eigenvalue weighted by molar-refractivity contribution is 8.27. The third-order valence-electron chi connectivity index (χ3n) is 3.82. The number of methoxy groups -OCH3 is 1. The first-order valence-electron chi connectivity index (χ1n) is 7.47. The van der Waals surface area contributed by atoms with Crippen molar-refractivity contribution in [3.8, 4) is 17.2 Å². The lowest BCUT2D eigenvalue weighted by Gasteiger charge is -2.14. The lowest BCUT2D eigenvalue weighted by Crippen LogP contribution is -2.27. The number of fused-ring (bicyclic) bond motifs is 1. The first-order valence-corrected chi connectivity index (χ1v) is 8.70. The van der Waals surface area contributed by atoms with Crippen LogP contribution in [0.1, 0.15) is 5.56 Å². The van der Waals surface area contributed by atoms with Gasteiger partial charge in [-0.25, -0.2) is 0 Å². The van der Waals surface area contributed by atoms with Crippen molar-refractivity contribution in [1.29, 1.82) is 0 Å². The van der Waals surface area contributed by atoms with Crippen LogP contribution in [0, 0.1) is 0 Å². The van der Waals surface area contributed by atoms with E-state index in [1.54, 1.807) is 19.2 Å². The van der Waals surface area contributed by atoms with Gasteiger partial charge in [0.05, 0.1) is 17.7 Å². The topological polar surface area (TPSA) is 48.0 Å². The predicted octanol–water partition coefficient (Wildman–Crippen LogP) is 3.83. The van der Waals surface area contributed by atoms with E-state index >= 15 is 0 Å². The maximum absolute atomic E-state index is 12.8. The lowest BCUT2D eigenvalue weighted by atomic mass is 10.2. The van der Waals surface area contributed by atoms with Crippen molar-refractivity contribution in [2.45, 2.75) is 0 Å². The Balaban J connectivity index is 1.62. The van der Waals surface area contributed by atoms with Crippen molar-refractivity contribution in [1.82, 2.24) is 0 Å². The summed E-state index contributed by atoms with van der Waals surface area (Å²) in [6.45, 7) is 0.221. The number of carbonyl (C=O) groups excluding carboxylic acids is 1. The highest BCUT2D eigenvalue weighted by atomic mass is 32.2. The van der Waals surface area contributed by atoms with Crippen molar-refractivity contribution >= 4 is 46.0 Å². The maximum Gasteiger partial charge on any atom is 0.270 e. The minimum Gasteiger partial charge on any atom is -0.497 e. The summed E-state index contributed by atoms with van der Waals surface area (Å²) < 4.78 is 16.3. The summed E-state index contributed by atoms with van der Waals surface area (Å²) in [6, 6.07) is 12.8. The number of amides is 1. The fraction of sp³-hybridized carbons (Fsp3) is 0.111. The molecule has 0 spiro atoms. The molecule has 126 valence electrons. The molecule has 2 aromatic carbocycles. The number of carbonyl (C=O) groups is 1. The van der Waals surface area contributed by atoms with E-state index < -0.39 is 0 Å². The number of rotatable bonds is 3. The molecular weight excluding hydrogens is 358 g/mol. The summed E-state index contributed by atoms with van der Waals surface area (Å²) in [4.78, 5) is 14.9. The monoisotopic (exact) mass is 371 g/mol. The fourth-order valence-electron chi connectivity index (χ4n) is 2.58. The van der Waals surface area contributed by atoms with Gasteiger partial charge in [-0.1, -0.05) is 30.0 Å². The van der Waals surface area contributed by atoms with E-state index in [4.69, 9.17) is 26.4 Å². The molecule has 2 heterocycles. The van der Waals surface area contributed by atoms with E-state index in [0.29, 0.717) is 20.7 Å². The zero-order valence-electron chi connectivity index (χ0n) is 13.2. The van der Waals surface area contributed by atoms with Gasteiger partial charge in [-0.15, -0.1) is 0 Å². The standard InChI is InChI=1S/C18H13NO4S2/c1-21-13-5-3-12(4-6-13)19-17(20)16(25-18(19)24)9-11-2-7-14-15(8-11)23-10-22-14/h2-9H,10H2,1H3/b16-9-. The first kappa shape index (κ1) is 16.0. The number of nitrogens with zero attached hydrogens (tertiary/aromatic N) is 1. The Morgan fingerprint density at radius 1 is 1.16 bits per heavy atom. The molecule has 7 heteroatoms. The van der Waals surface area contributed by atoms with Gasteiger partial charge in [0.1, 0.15) is 5.75 Å². The van der Waals surface area contributed by atoms with Crippen LogP contribution in [0.2, 0.25) is 0 Å². The quantitative estimate of drug-likeness (QED) is 0.604. The van der Waals surface area contributed by atoms with Crippen LogP contribution in [0.15, 0.2) is 47.4 Å². The van der Waals surface area contributed by atoms with Crippen molar-refractivity contribution in [2.75, 3.05) is 18.8 Å². The molecule has 0 N–H and O–H groups in total. The van der Waals surface area contributed by atoms with E-state index in [9.17, 15) is 4.79 Å². The van der Waals surface area contributed by atoms with Crippen LogP contribution in [0.4, 0.5) is 5.69 Å². The van der Waals surface area contributed by atoms with Gasteiger partial charge in [0, 0.05) is 0 Å². The second-order valence-corrected chi connectivity index (χ2v) is 7.00. The molecule has 0 bridgehead atoms. The first-order chi connectivity index (χ1) is 12.2. The van der Waals surface area contributed by atoms with E-state index in [2.05, 4.69) is 0 Å². The van der Waals surface area contributed by atoms with Crippen molar-refractivity contribution < 1.29 is 19.0 Å². The van der Waals surface area contributed by atoms with Crippen LogP contribution in [0.25, 0.3) is 6.08 Å². The predicted molar refractivity (Wildman–Crippen MR) is 101 cm³/mol. The zero-order chi connectivity index (χ0) is 17.4. The normalized spacial score (nSPS) is 17.5. The zero-order valence-corrected chi connectivity index (χ0v) is 14.9. The molecule has 4 rings (SSSR count). The van der Waals surface area contributed by atoms with E-state index in [1.807, 2.05) is 36.4 Å². The van der Waals surface area contributed by atoms with Crippen LogP contribution in [0.3, 0.4) is 0 Å². The highest BCUT2D eigenvalue weighted by Crippen LogP contribution is 2.38. The van der Waals surface area contributed by atoms with Gasteiger partial charge in [0.2, 0.25) is 6.79 Å². The van der Waals surface area contributed by atoms with Gasteiger partial charge in [0.25, 0.3) is 5.91 Å². The van der Waals surface area contributed by atoms with Crippen molar-refractivity contribution in [2.24, 2.45) is 0 Å². The molecular formula is C18H13NO4S2. The van der Waals surface area contributed by atoms with E-state index in [1.165, 1.54) is 16.7 Å². The smallest absolute Gasteiger partial charge is 0.270 e. The Morgan fingerprint density at radius 3 is 2.68 bits per heavy atom. The Morgan fingerprint density at radius 2 is 1.92 bits per heavy atom. The average Bonchev–Trinajstić information content (AvgIpc) is 3.19. The largest absolute Gasteiger partial charge is 0.497 e. The van der Waals surface area contributed by atoms with Crippen LogP contribution >= 0.6 is 24.0 Å². The van der Waals surface area contributed by atoms with Crippen LogP contribution in [0.5, 0.6) is 17.2 Å². The molecule has 25 heavy (non-hydrogen) atoms. The number of hydrogen-bond acceptors (Lipinski definition) is 6. The van der Waals surface area contributed by atoms with Gasteiger partial charge in [-0.05, 0) is 48.0 Å². The number of benzene rings is 2. The van der Waals surface area contributed by atoms with Crippen LogP contribution in [-0.4, -0.2) is 24.1 Å². The third-order valence-corrected chi connectivity index (χ3v) is 5.12. The molecule has 2 aliphatic heterocycles. The SMILES string of the molecule is COc1ccc(N2C(=O)/C(=C/c3ccc4c(c3)OCO4)SC2=S)cc1. The molecule has 0 atom stereocenters. The third kappa shape index (κ3) is 2.96. The van der Waals surface area contributed by atoms with Gasteiger partial charge < -0.3 is 14.2 Å².